The van der Waals surface area contributed by atoms with Crippen molar-refractivity contribution < 1.29 is 14.7 Å². The number of nitrogens with one attached hydrogen (secondary N) is 1. The first kappa shape index (κ1) is 14.4. The Labute approximate surface area is 120 Å². The van der Waals surface area contributed by atoms with Crippen LogP contribution >= 0.6 is 0 Å². The molecular formula is C14H14N4O3. The lowest BCUT2D eigenvalue weighted by Gasteiger charge is -2.05. The molecule has 0 saturated carbocycles. The molecule has 2 rings (SSSR count). The summed E-state index contributed by atoms with van der Waals surface area (Å²) in [7, 11) is 0. The second kappa shape index (κ2) is 6.47. The predicted octanol–water partition coefficient (Wildman–Crippen LogP) is 0.616. The van der Waals surface area contributed by atoms with Gasteiger partial charge in [0, 0.05) is 11.9 Å². The van der Waals surface area contributed by atoms with Crippen molar-refractivity contribution in [3.63, 3.8) is 0 Å². The molecule has 4 N–H and O–H groups in total. The largest absolute Gasteiger partial charge is 0.478 e. The van der Waals surface area contributed by atoms with Gasteiger partial charge in [0.1, 0.15) is 0 Å². The van der Waals surface area contributed by atoms with Crippen molar-refractivity contribution >= 4 is 17.6 Å². The van der Waals surface area contributed by atoms with Crippen LogP contribution in [0.1, 0.15) is 21.7 Å². The molecule has 0 atom stereocenters. The number of aromatic nitrogens is 2. The zero-order valence-electron chi connectivity index (χ0n) is 11.1. The van der Waals surface area contributed by atoms with E-state index in [4.69, 9.17) is 10.8 Å². The highest BCUT2D eigenvalue weighted by molar-refractivity contribution is 5.87. The molecule has 2 heterocycles. The first-order valence-electron chi connectivity index (χ1n) is 6.20. The van der Waals surface area contributed by atoms with Crippen LogP contribution in [0.15, 0.2) is 36.7 Å². The van der Waals surface area contributed by atoms with Crippen LogP contribution in [0.25, 0.3) is 0 Å². The monoisotopic (exact) mass is 286 g/mol. The molecule has 0 aromatic carbocycles. The number of nitrogens with zero attached hydrogens (tertiary/aromatic N) is 2. The summed E-state index contributed by atoms with van der Waals surface area (Å²) >= 11 is 0. The maximum Gasteiger partial charge on any atom is 0.335 e. The highest BCUT2D eigenvalue weighted by Gasteiger charge is 2.07. The molecule has 2 aromatic heterocycles. The normalized spacial score (nSPS) is 10.1. The lowest BCUT2D eigenvalue weighted by Crippen LogP contribution is -2.25. The Balaban J connectivity index is 1.90. The first-order chi connectivity index (χ1) is 10.0. The second-order valence-electron chi connectivity index (χ2n) is 4.38. The molecule has 0 unspecified atom stereocenters. The van der Waals surface area contributed by atoms with Crippen LogP contribution in [0.5, 0.6) is 0 Å². The maximum atomic E-state index is 11.8. The minimum absolute atomic E-state index is 0.124. The smallest absolute Gasteiger partial charge is 0.335 e. The third-order valence-electron chi connectivity index (χ3n) is 2.72. The lowest BCUT2D eigenvalue weighted by molar-refractivity contribution is -0.120. The number of rotatable bonds is 5. The number of carbonyl (C=O) groups is 2. The van der Waals surface area contributed by atoms with Crippen molar-refractivity contribution in [1.82, 2.24) is 15.3 Å². The minimum atomic E-state index is -1.03. The molecule has 0 spiro atoms. The van der Waals surface area contributed by atoms with Crippen LogP contribution in [-0.2, 0) is 17.8 Å². The van der Waals surface area contributed by atoms with Gasteiger partial charge in [-0.2, -0.15) is 0 Å². The highest BCUT2D eigenvalue weighted by Crippen LogP contribution is 2.03. The molecule has 21 heavy (non-hydrogen) atoms. The van der Waals surface area contributed by atoms with Crippen molar-refractivity contribution in [3.05, 3.63) is 53.6 Å². The number of amides is 1. The number of carboxylic acid groups (broad SMARTS) is 1. The average Bonchev–Trinajstić information content (AvgIpc) is 2.48. The van der Waals surface area contributed by atoms with Gasteiger partial charge in [0.15, 0.2) is 0 Å². The Morgan fingerprint density at radius 3 is 2.67 bits per heavy atom. The number of aromatic carboxylic acids is 1. The summed E-state index contributed by atoms with van der Waals surface area (Å²) in [5.41, 5.74) is 7.27. The van der Waals surface area contributed by atoms with Gasteiger partial charge in [-0.3, -0.25) is 14.8 Å². The standard InChI is InChI=1S/C14H14N4O3/c15-10-1-2-11(17-7-10)6-13(19)18-8-12-5-9(14(20)21)3-4-16-12/h1-5,7H,6,8,15H2,(H,18,19)(H,20,21). The molecular weight excluding hydrogens is 272 g/mol. The molecule has 2 aromatic rings. The number of hydrogen-bond donors (Lipinski definition) is 3. The molecule has 7 heteroatoms. The molecule has 108 valence electrons. The van der Waals surface area contributed by atoms with E-state index in [9.17, 15) is 9.59 Å². The van der Waals surface area contributed by atoms with Crippen molar-refractivity contribution in [2.75, 3.05) is 5.73 Å². The summed E-state index contributed by atoms with van der Waals surface area (Å²) in [6.07, 6.45) is 3.01. The molecule has 0 saturated heterocycles. The Kier molecular flexibility index (Phi) is 4.45. The number of pyridine rings is 2. The summed E-state index contributed by atoms with van der Waals surface area (Å²) in [6.45, 7) is 0.162. The van der Waals surface area contributed by atoms with E-state index in [0.29, 0.717) is 17.1 Å². The topological polar surface area (TPSA) is 118 Å². The molecule has 0 radical (unpaired) electrons. The summed E-state index contributed by atoms with van der Waals surface area (Å²) in [4.78, 5) is 30.6. The predicted molar refractivity (Wildman–Crippen MR) is 75.4 cm³/mol. The van der Waals surface area contributed by atoms with E-state index in [1.165, 1.54) is 24.5 Å². The maximum absolute atomic E-state index is 11.8. The van der Waals surface area contributed by atoms with Gasteiger partial charge in [-0.1, -0.05) is 0 Å². The molecule has 7 nitrogen and oxygen atoms in total. The fraction of sp³-hybridized carbons (Fsp3) is 0.143. The third kappa shape index (κ3) is 4.27. The van der Waals surface area contributed by atoms with Crippen molar-refractivity contribution in [3.8, 4) is 0 Å². The Hall–Kier alpha value is -2.96. The summed E-state index contributed by atoms with van der Waals surface area (Å²) < 4.78 is 0. The van der Waals surface area contributed by atoms with Crippen LogP contribution in [0.4, 0.5) is 5.69 Å². The van der Waals surface area contributed by atoms with Crippen molar-refractivity contribution in [2.24, 2.45) is 0 Å². The SMILES string of the molecule is Nc1ccc(CC(=O)NCc2cc(C(=O)O)ccn2)nc1. The molecule has 0 aliphatic carbocycles. The fourth-order valence-electron chi connectivity index (χ4n) is 1.66. The van der Waals surface area contributed by atoms with Crippen molar-refractivity contribution in [1.29, 1.82) is 0 Å². The van der Waals surface area contributed by atoms with Crippen molar-refractivity contribution in [2.45, 2.75) is 13.0 Å². The lowest BCUT2D eigenvalue weighted by atomic mass is 10.2. The van der Waals surface area contributed by atoms with E-state index in [-0.39, 0.29) is 24.4 Å². The van der Waals surface area contributed by atoms with E-state index < -0.39 is 5.97 Å². The van der Waals surface area contributed by atoms with Crippen LogP contribution in [0.2, 0.25) is 0 Å². The van der Waals surface area contributed by atoms with Crippen LogP contribution in [0, 0.1) is 0 Å². The molecule has 0 aliphatic rings. The van der Waals surface area contributed by atoms with Gasteiger partial charge in [-0.05, 0) is 24.3 Å². The van der Waals surface area contributed by atoms with Crippen LogP contribution in [0.3, 0.4) is 0 Å². The van der Waals surface area contributed by atoms with Gasteiger partial charge < -0.3 is 16.2 Å². The Morgan fingerprint density at radius 1 is 1.19 bits per heavy atom. The highest BCUT2D eigenvalue weighted by atomic mass is 16.4. The van der Waals surface area contributed by atoms with Gasteiger partial charge in [0.25, 0.3) is 0 Å². The van der Waals surface area contributed by atoms with Crippen LogP contribution < -0.4 is 11.1 Å². The zero-order chi connectivity index (χ0) is 15.2. The van der Waals surface area contributed by atoms with Gasteiger partial charge in [0.05, 0.1) is 36.1 Å². The van der Waals surface area contributed by atoms with E-state index in [0.717, 1.165) is 0 Å². The van der Waals surface area contributed by atoms with Crippen LogP contribution in [-0.4, -0.2) is 27.0 Å². The third-order valence-corrected chi connectivity index (χ3v) is 2.72. The first-order valence-corrected chi connectivity index (χ1v) is 6.20. The summed E-state index contributed by atoms with van der Waals surface area (Å²) in [6, 6.07) is 6.17. The van der Waals surface area contributed by atoms with E-state index in [1.54, 1.807) is 12.1 Å². The Morgan fingerprint density at radius 2 is 2.00 bits per heavy atom. The van der Waals surface area contributed by atoms with Gasteiger partial charge in [0.2, 0.25) is 5.91 Å². The van der Waals surface area contributed by atoms with E-state index in [1.807, 2.05) is 0 Å². The Bertz CT molecular complexity index is 656. The number of anilines is 1. The fourth-order valence-corrected chi connectivity index (χ4v) is 1.66. The zero-order valence-corrected chi connectivity index (χ0v) is 11.1. The van der Waals surface area contributed by atoms with Gasteiger partial charge in [-0.15, -0.1) is 0 Å². The molecule has 0 fully saturated rings. The number of hydrogen-bond acceptors (Lipinski definition) is 5. The molecule has 1 amide bonds. The number of carboxylic acids is 1. The van der Waals surface area contributed by atoms with E-state index >= 15 is 0 Å². The van der Waals surface area contributed by atoms with Gasteiger partial charge >= 0.3 is 5.97 Å². The number of carbonyl (C=O) groups excluding carboxylic acids is 1. The molecule has 0 bridgehead atoms. The minimum Gasteiger partial charge on any atom is -0.478 e. The number of nitrogen functional groups attached to an aromatic ring is 1. The van der Waals surface area contributed by atoms with E-state index in [2.05, 4.69) is 15.3 Å². The van der Waals surface area contributed by atoms with Gasteiger partial charge in [-0.25, -0.2) is 4.79 Å². The number of nitrogens with two attached hydrogens (primary N) is 1. The summed E-state index contributed by atoms with van der Waals surface area (Å²) in [5.74, 6) is -1.26. The second-order valence-corrected chi connectivity index (χ2v) is 4.38. The quantitative estimate of drug-likeness (QED) is 0.741. The summed E-state index contributed by atoms with van der Waals surface area (Å²) in [5, 5.41) is 11.5. The average molecular weight is 286 g/mol. The molecule has 0 aliphatic heterocycles.